The molecule has 1 N–H and O–H groups in total. The number of carbonyl (C=O) groups is 2. The van der Waals surface area contributed by atoms with E-state index in [-0.39, 0.29) is 24.3 Å². The van der Waals surface area contributed by atoms with E-state index in [9.17, 15) is 18.4 Å². The average molecular weight is 406 g/mol. The summed E-state index contributed by atoms with van der Waals surface area (Å²) in [6, 6.07) is 3.82. The molecule has 3 aliphatic heterocycles. The molecule has 1 aromatic heterocycles. The number of alkyl halides is 2. The van der Waals surface area contributed by atoms with Gasteiger partial charge in [-0.05, 0) is 24.5 Å². The molecular formula is C20H24F2N4O3. The van der Waals surface area contributed by atoms with E-state index in [0.29, 0.717) is 52.0 Å². The van der Waals surface area contributed by atoms with Crippen LogP contribution in [0, 0.1) is 5.41 Å². The van der Waals surface area contributed by atoms with Crippen LogP contribution in [0.25, 0.3) is 0 Å². The largest absolute Gasteiger partial charge is 0.447 e. The van der Waals surface area contributed by atoms with Crippen LogP contribution < -0.4 is 10.2 Å². The summed E-state index contributed by atoms with van der Waals surface area (Å²) in [6.07, 6.45) is 2.89. The van der Waals surface area contributed by atoms with E-state index in [1.807, 2.05) is 28.1 Å². The monoisotopic (exact) mass is 406 g/mol. The third-order valence-electron chi connectivity index (χ3n) is 6.81. The predicted molar refractivity (Wildman–Crippen MR) is 99.9 cm³/mol. The van der Waals surface area contributed by atoms with Crippen LogP contribution in [0.15, 0.2) is 18.3 Å². The lowest BCUT2D eigenvalue weighted by atomic mass is 9.92. The molecule has 2 atom stereocenters. The van der Waals surface area contributed by atoms with Crippen molar-refractivity contribution < 1.29 is 23.1 Å². The number of pyridine rings is 1. The molecule has 0 radical (unpaired) electrons. The normalized spacial score (nSPS) is 30.3. The van der Waals surface area contributed by atoms with Gasteiger partial charge in [-0.25, -0.2) is 18.6 Å². The van der Waals surface area contributed by atoms with Gasteiger partial charge in [0.05, 0.1) is 11.5 Å². The van der Waals surface area contributed by atoms with Crippen LogP contribution in [0.5, 0.6) is 0 Å². The van der Waals surface area contributed by atoms with Crippen molar-refractivity contribution in [3.63, 3.8) is 0 Å². The Hall–Kier alpha value is -2.45. The van der Waals surface area contributed by atoms with E-state index in [1.54, 1.807) is 0 Å². The maximum absolute atomic E-state index is 13.6. The third-order valence-corrected chi connectivity index (χ3v) is 6.81. The quantitative estimate of drug-likeness (QED) is 0.811. The summed E-state index contributed by atoms with van der Waals surface area (Å²) in [7, 11) is 0. The highest BCUT2D eigenvalue weighted by Gasteiger charge is 2.72. The van der Waals surface area contributed by atoms with Crippen LogP contribution in [0.3, 0.4) is 0 Å². The second-order valence-corrected chi connectivity index (χ2v) is 8.76. The van der Waals surface area contributed by atoms with E-state index >= 15 is 0 Å². The Balaban J connectivity index is 1.09. The first-order valence-electron chi connectivity index (χ1n) is 10.2. The first kappa shape index (κ1) is 18.6. The first-order chi connectivity index (χ1) is 13.9. The number of anilines is 1. The maximum Gasteiger partial charge on any atom is 0.407 e. The lowest BCUT2D eigenvalue weighted by Crippen LogP contribution is -2.48. The zero-order valence-corrected chi connectivity index (χ0v) is 16.1. The molecule has 3 saturated heterocycles. The molecule has 0 bridgehead atoms. The number of likely N-dealkylation sites (tertiary alicyclic amines) is 1. The van der Waals surface area contributed by atoms with Gasteiger partial charge in [0, 0.05) is 51.1 Å². The molecule has 1 aromatic rings. The number of carbonyl (C=O) groups excluding carboxylic acids is 2. The molecule has 0 aromatic carbocycles. The van der Waals surface area contributed by atoms with Crippen molar-refractivity contribution in [3.05, 3.63) is 23.9 Å². The minimum absolute atomic E-state index is 0.000657. The zero-order chi connectivity index (χ0) is 20.2. The summed E-state index contributed by atoms with van der Waals surface area (Å²) < 4.78 is 31.9. The van der Waals surface area contributed by atoms with Crippen molar-refractivity contribution >= 4 is 17.8 Å². The number of rotatable bonds is 5. The van der Waals surface area contributed by atoms with Crippen molar-refractivity contribution in [1.82, 2.24) is 15.2 Å². The van der Waals surface area contributed by atoms with Gasteiger partial charge in [-0.3, -0.25) is 4.79 Å². The molecule has 2 amide bonds. The number of amides is 2. The van der Waals surface area contributed by atoms with Crippen molar-refractivity contribution in [2.24, 2.45) is 5.41 Å². The van der Waals surface area contributed by atoms with Gasteiger partial charge in [0.15, 0.2) is 0 Å². The highest BCUT2D eigenvalue weighted by molar-refractivity contribution is 5.77. The molecule has 5 rings (SSSR count). The number of nitrogens with one attached hydrogen (secondary N) is 1. The summed E-state index contributed by atoms with van der Waals surface area (Å²) in [5.41, 5.74) is 0.246. The van der Waals surface area contributed by atoms with Crippen LogP contribution in [0.4, 0.5) is 19.4 Å². The SMILES string of the molecule is O=C1N[C@H](CCC(=O)N2CC(c3ccc(N4CCC5(C4)CC5(F)F)nc3)C2)CO1. The van der Waals surface area contributed by atoms with Crippen molar-refractivity contribution in [3.8, 4) is 0 Å². The molecule has 29 heavy (non-hydrogen) atoms. The number of alkyl carbamates (subject to hydrolysis) is 1. The third kappa shape index (κ3) is 3.30. The second-order valence-electron chi connectivity index (χ2n) is 8.76. The van der Waals surface area contributed by atoms with E-state index < -0.39 is 17.4 Å². The van der Waals surface area contributed by atoms with E-state index in [1.165, 1.54) is 0 Å². The summed E-state index contributed by atoms with van der Waals surface area (Å²) in [6.45, 7) is 2.64. The summed E-state index contributed by atoms with van der Waals surface area (Å²) in [5.74, 6) is -1.42. The highest BCUT2D eigenvalue weighted by atomic mass is 19.3. The first-order valence-corrected chi connectivity index (χ1v) is 10.2. The van der Waals surface area contributed by atoms with Gasteiger partial charge < -0.3 is 19.9 Å². The second kappa shape index (κ2) is 6.53. The van der Waals surface area contributed by atoms with Gasteiger partial charge in [0.1, 0.15) is 12.4 Å². The van der Waals surface area contributed by atoms with Gasteiger partial charge in [-0.2, -0.15) is 0 Å². The minimum Gasteiger partial charge on any atom is -0.447 e. The Morgan fingerprint density at radius 1 is 1.34 bits per heavy atom. The number of ether oxygens (including phenoxy) is 1. The molecule has 4 heterocycles. The number of hydrogen-bond acceptors (Lipinski definition) is 5. The predicted octanol–water partition coefficient (Wildman–Crippen LogP) is 2.13. The molecule has 1 spiro atoms. The number of nitrogens with zero attached hydrogens (tertiary/aromatic N) is 3. The van der Waals surface area contributed by atoms with E-state index in [2.05, 4.69) is 10.3 Å². The van der Waals surface area contributed by atoms with Gasteiger partial charge in [0.25, 0.3) is 5.92 Å². The fraction of sp³-hybridized carbons (Fsp3) is 0.650. The van der Waals surface area contributed by atoms with E-state index in [4.69, 9.17) is 4.74 Å². The lowest BCUT2D eigenvalue weighted by molar-refractivity contribution is -0.135. The van der Waals surface area contributed by atoms with Crippen LogP contribution >= 0.6 is 0 Å². The Labute approximate surface area is 167 Å². The fourth-order valence-corrected chi connectivity index (χ4v) is 4.65. The topological polar surface area (TPSA) is 74.8 Å². The number of cyclic esters (lactones) is 1. The number of hydrogen-bond donors (Lipinski definition) is 1. The fourth-order valence-electron chi connectivity index (χ4n) is 4.65. The molecule has 1 unspecified atom stereocenters. The molecule has 7 nitrogen and oxygen atoms in total. The number of aromatic nitrogens is 1. The van der Waals surface area contributed by atoms with Crippen LogP contribution in [-0.4, -0.2) is 66.6 Å². The molecule has 4 fully saturated rings. The van der Waals surface area contributed by atoms with Crippen molar-refractivity contribution in [1.29, 1.82) is 0 Å². The Morgan fingerprint density at radius 2 is 2.14 bits per heavy atom. The van der Waals surface area contributed by atoms with E-state index in [0.717, 1.165) is 11.4 Å². The molecule has 1 saturated carbocycles. The van der Waals surface area contributed by atoms with Crippen molar-refractivity contribution in [2.45, 2.75) is 43.6 Å². The van der Waals surface area contributed by atoms with Crippen LogP contribution in [0.2, 0.25) is 0 Å². The minimum atomic E-state index is -2.51. The smallest absolute Gasteiger partial charge is 0.407 e. The van der Waals surface area contributed by atoms with Gasteiger partial charge in [-0.15, -0.1) is 0 Å². The Kier molecular flexibility index (Phi) is 4.18. The zero-order valence-electron chi connectivity index (χ0n) is 16.1. The summed E-state index contributed by atoms with van der Waals surface area (Å²) in [4.78, 5) is 31.5. The molecule has 156 valence electrons. The summed E-state index contributed by atoms with van der Waals surface area (Å²) in [5, 5.41) is 2.67. The van der Waals surface area contributed by atoms with Crippen molar-refractivity contribution in [2.75, 3.05) is 37.7 Å². The van der Waals surface area contributed by atoms with Gasteiger partial charge in [-0.1, -0.05) is 6.07 Å². The van der Waals surface area contributed by atoms with Gasteiger partial charge in [0.2, 0.25) is 5.91 Å². The Bertz CT molecular complexity index is 828. The summed E-state index contributed by atoms with van der Waals surface area (Å²) >= 11 is 0. The average Bonchev–Trinajstić information content (AvgIpc) is 3.01. The molecule has 1 aliphatic carbocycles. The van der Waals surface area contributed by atoms with Crippen LogP contribution in [0.1, 0.15) is 37.2 Å². The molecule has 9 heteroatoms. The van der Waals surface area contributed by atoms with Crippen LogP contribution in [-0.2, 0) is 9.53 Å². The highest BCUT2D eigenvalue weighted by Crippen LogP contribution is 2.65. The van der Waals surface area contributed by atoms with Gasteiger partial charge >= 0.3 is 6.09 Å². The molecule has 4 aliphatic rings. The molecular weight excluding hydrogens is 382 g/mol. The Morgan fingerprint density at radius 3 is 2.72 bits per heavy atom. The maximum atomic E-state index is 13.6. The lowest BCUT2D eigenvalue weighted by Gasteiger charge is -2.39. The standard InChI is InChI=1S/C20H24F2N4O3/c21-20(22)11-19(20)5-6-25(12-19)16-3-1-13(7-23-16)14-8-26(9-14)17(27)4-2-15-10-29-18(28)24-15/h1,3,7,14-15H,2,4-6,8-12H2,(H,24,28)/t15-,19?/m1/s1. The number of halogens is 2.